The Morgan fingerprint density at radius 2 is 2.00 bits per heavy atom. The van der Waals surface area contributed by atoms with Gasteiger partial charge in [0.2, 0.25) is 0 Å². The number of halogens is 1. The number of carbonyl (C=O) groups excluding carboxylic acids is 1. The van der Waals surface area contributed by atoms with Crippen LogP contribution in [0.15, 0.2) is 12.1 Å². The zero-order valence-corrected chi connectivity index (χ0v) is 10.8. The third kappa shape index (κ3) is 2.80. The normalized spacial score (nSPS) is 11.2. The fourth-order valence-electron chi connectivity index (χ4n) is 1.08. The molecule has 0 fully saturated rings. The van der Waals surface area contributed by atoms with Crippen molar-refractivity contribution >= 4 is 41.7 Å². The Labute approximate surface area is 98.9 Å². The molecule has 4 N–H and O–H groups in total. The SMILES string of the molecule is CC(=O)Nc1ccc([As](=O)(O)O)c(O)c1Cl. The average Bonchev–Trinajstić information content (AvgIpc) is 2.10. The van der Waals surface area contributed by atoms with E-state index < -0.39 is 30.2 Å². The molecular weight excluding hydrogens is 300 g/mol. The van der Waals surface area contributed by atoms with E-state index in [1.165, 1.54) is 13.0 Å². The Morgan fingerprint density at radius 3 is 2.44 bits per heavy atom. The number of amides is 1. The molecule has 0 heterocycles. The van der Waals surface area contributed by atoms with Crippen LogP contribution in [0.5, 0.6) is 5.75 Å². The van der Waals surface area contributed by atoms with E-state index in [2.05, 4.69) is 5.32 Å². The molecule has 1 aromatic carbocycles. The minimum absolute atomic E-state index is 0.0966. The summed E-state index contributed by atoms with van der Waals surface area (Å²) in [6, 6.07) is 2.26. The molecule has 0 saturated carbocycles. The summed E-state index contributed by atoms with van der Waals surface area (Å²) in [6.07, 6.45) is 0. The minimum atomic E-state index is -5.21. The van der Waals surface area contributed by atoms with Crippen molar-refractivity contribution < 1.29 is 21.8 Å². The number of hydrogen-bond donors (Lipinski definition) is 4. The van der Waals surface area contributed by atoms with Crippen molar-refractivity contribution in [1.29, 1.82) is 0 Å². The number of hydrogen-bond acceptors (Lipinski definition) is 3. The molecule has 0 bridgehead atoms. The molecule has 88 valence electrons. The first-order chi connectivity index (χ1) is 7.23. The van der Waals surface area contributed by atoms with Crippen LogP contribution in [0.1, 0.15) is 6.92 Å². The summed E-state index contributed by atoms with van der Waals surface area (Å²) in [6.45, 7) is 1.24. The Bertz CT molecular complexity index is 484. The second-order valence-corrected chi connectivity index (χ2v) is 6.69. The quantitative estimate of drug-likeness (QED) is 0.554. The summed E-state index contributed by atoms with van der Waals surface area (Å²) in [5.41, 5.74) is 0.0966. The van der Waals surface area contributed by atoms with Crippen molar-refractivity contribution in [3.8, 4) is 5.75 Å². The van der Waals surface area contributed by atoms with Crippen molar-refractivity contribution in [2.45, 2.75) is 6.92 Å². The van der Waals surface area contributed by atoms with E-state index >= 15 is 0 Å². The van der Waals surface area contributed by atoms with Crippen LogP contribution in [-0.2, 0) is 8.53 Å². The van der Waals surface area contributed by atoms with Crippen LogP contribution in [0, 0.1) is 0 Å². The van der Waals surface area contributed by atoms with Crippen molar-refractivity contribution in [3.05, 3.63) is 17.2 Å². The van der Waals surface area contributed by atoms with Gasteiger partial charge >= 0.3 is 98.7 Å². The second-order valence-electron chi connectivity index (χ2n) is 3.02. The fraction of sp³-hybridized carbons (Fsp3) is 0.125. The summed E-state index contributed by atoms with van der Waals surface area (Å²) in [4.78, 5) is 10.8. The summed E-state index contributed by atoms with van der Waals surface area (Å²) in [5.74, 6) is -1.11. The molecule has 8 heteroatoms. The summed E-state index contributed by atoms with van der Waals surface area (Å²) < 4.78 is 28.3. The average molecular weight is 310 g/mol. The van der Waals surface area contributed by atoms with Crippen LogP contribution in [0.25, 0.3) is 0 Å². The molecule has 0 aliphatic heterocycles. The molecular formula is C8H9AsClNO5. The number of phenolic OH excluding ortho intramolecular Hbond substituents is 1. The van der Waals surface area contributed by atoms with E-state index in [1.54, 1.807) is 0 Å². The third-order valence-corrected chi connectivity index (χ3v) is 4.18. The number of nitrogens with one attached hydrogen (secondary N) is 1. The Kier molecular flexibility index (Phi) is 3.70. The van der Waals surface area contributed by atoms with Gasteiger partial charge in [0.25, 0.3) is 0 Å². The number of aromatic hydroxyl groups is 1. The van der Waals surface area contributed by atoms with E-state index in [-0.39, 0.29) is 10.7 Å². The van der Waals surface area contributed by atoms with Gasteiger partial charge in [-0.15, -0.1) is 0 Å². The molecule has 0 unspecified atom stereocenters. The molecule has 16 heavy (non-hydrogen) atoms. The molecule has 0 aliphatic carbocycles. The molecule has 0 radical (unpaired) electrons. The van der Waals surface area contributed by atoms with Gasteiger partial charge in [0.1, 0.15) is 0 Å². The molecule has 0 atom stereocenters. The van der Waals surface area contributed by atoms with Gasteiger partial charge in [-0.05, 0) is 0 Å². The monoisotopic (exact) mass is 309 g/mol. The second kappa shape index (κ2) is 4.51. The van der Waals surface area contributed by atoms with Crippen LogP contribution < -0.4 is 9.67 Å². The molecule has 1 rings (SSSR count). The van der Waals surface area contributed by atoms with E-state index in [1.807, 2.05) is 0 Å². The Hall–Kier alpha value is -0.942. The van der Waals surface area contributed by atoms with Crippen molar-refractivity contribution in [2.75, 3.05) is 5.32 Å². The summed E-state index contributed by atoms with van der Waals surface area (Å²) >= 11 is 0.442. The van der Waals surface area contributed by atoms with Gasteiger partial charge in [0, 0.05) is 0 Å². The first-order valence-electron chi connectivity index (χ1n) is 4.08. The maximum absolute atomic E-state index is 11.0. The summed E-state index contributed by atoms with van der Waals surface area (Å²) in [5, 5.41) is 11.5. The van der Waals surface area contributed by atoms with Gasteiger partial charge in [0.15, 0.2) is 0 Å². The molecule has 1 aromatic rings. The first kappa shape index (κ1) is 13.1. The predicted molar refractivity (Wildman–Crippen MR) is 57.9 cm³/mol. The molecule has 0 spiro atoms. The molecule has 0 aliphatic rings. The van der Waals surface area contributed by atoms with Crippen molar-refractivity contribution in [2.24, 2.45) is 0 Å². The number of benzene rings is 1. The van der Waals surface area contributed by atoms with Crippen molar-refractivity contribution in [1.82, 2.24) is 0 Å². The van der Waals surface area contributed by atoms with E-state index in [9.17, 15) is 13.6 Å². The van der Waals surface area contributed by atoms with Crippen molar-refractivity contribution in [3.63, 3.8) is 0 Å². The van der Waals surface area contributed by atoms with Crippen LogP contribution in [0.3, 0.4) is 0 Å². The Balaban J connectivity index is 3.29. The molecule has 6 nitrogen and oxygen atoms in total. The Morgan fingerprint density at radius 1 is 1.44 bits per heavy atom. The van der Waals surface area contributed by atoms with E-state index in [4.69, 9.17) is 19.8 Å². The fourth-order valence-corrected chi connectivity index (χ4v) is 2.81. The van der Waals surface area contributed by atoms with Crippen LogP contribution in [0.2, 0.25) is 5.02 Å². The number of carbonyl (C=O) groups is 1. The zero-order valence-electron chi connectivity index (χ0n) is 8.14. The first-order valence-corrected chi connectivity index (χ1v) is 7.84. The maximum atomic E-state index is 11.0. The number of phenols is 1. The van der Waals surface area contributed by atoms with E-state index in [0.29, 0.717) is 0 Å². The zero-order chi connectivity index (χ0) is 12.5. The van der Waals surface area contributed by atoms with Crippen LogP contribution in [-0.4, -0.2) is 33.4 Å². The van der Waals surface area contributed by atoms with Crippen LogP contribution in [0.4, 0.5) is 5.69 Å². The van der Waals surface area contributed by atoms with Gasteiger partial charge in [0.05, 0.1) is 0 Å². The van der Waals surface area contributed by atoms with Crippen LogP contribution >= 0.6 is 11.6 Å². The van der Waals surface area contributed by atoms with Gasteiger partial charge in [-0.25, -0.2) is 0 Å². The van der Waals surface area contributed by atoms with Gasteiger partial charge < -0.3 is 0 Å². The molecule has 0 aromatic heterocycles. The predicted octanol–water partition coefficient (Wildman–Crippen LogP) is -0.435. The summed E-state index contributed by atoms with van der Waals surface area (Å²) in [7, 11) is 0. The molecule has 1 amide bonds. The topological polar surface area (TPSA) is 107 Å². The standard InChI is InChI=1S/C8H9AsClNO5/c1-4(12)11-6-3-2-5(9(14,15)16)8(13)7(6)10/h2-3,13H,1H3,(H,11,12)(H2,14,15,16). The third-order valence-electron chi connectivity index (χ3n) is 1.72. The van der Waals surface area contributed by atoms with Gasteiger partial charge in [-0.1, -0.05) is 0 Å². The van der Waals surface area contributed by atoms with Gasteiger partial charge in [-0.2, -0.15) is 0 Å². The number of anilines is 1. The van der Waals surface area contributed by atoms with Gasteiger partial charge in [-0.3, -0.25) is 0 Å². The molecule has 0 saturated heterocycles. The number of rotatable bonds is 2. The van der Waals surface area contributed by atoms with E-state index in [0.717, 1.165) is 6.07 Å².